The van der Waals surface area contributed by atoms with Crippen LogP contribution in [0.1, 0.15) is 31.5 Å². The average Bonchev–Trinajstić information content (AvgIpc) is 2.67. The second-order valence-corrected chi connectivity index (χ2v) is 5.64. The van der Waals surface area contributed by atoms with Crippen molar-refractivity contribution in [3.05, 3.63) is 35.0 Å². The van der Waals surface area contributed by atoms with E-state index in [0.717, 1.165) is 42.0 Å². The monoisotopic (exact) mass is 249 g/mol. The van der Waals surface area contributed by atoms with Gasteiger partial charge in [0.15, 0.2) is 0 Å². The first-order chi connectivity index (χ1) is 8.56. The summed E-state index contributed by atoms with van der Waals surface area (Å²) in [5.74, 6) is 0.248. The van der Waals surface area contributed by atoms with Crippen molar-refractivity contribution in [2.75, 3.05) is 0 Å². The van der Waals surface area contributed by atoms with Crippen LogP contribution in [0.4, 0.5) is 8.78 Å². The van der Waals surface area contributed by atoms with Crippen molar-refractivity contribution in [2.45, 2.75) is 33.1 Å². The van der Waals surface area contributed by atoms with Crippen molar-refractivity contribution < 1.29 is 8.78 Å². The minimum Gasteiger partial charge on any atom is -0.356 e. The van der Waals surface area contributed by atoms with E-state index in [2.05, 4.69) is 18.8 Å². The fourth-order valence-corrected chi connectivity index (χ4v) is 3.04. The summed E-state index contributed by atoms with van der Waals surface area (Å²) >= 11 is 0. The molecule has 0 aliphatic heterocycles. The molecule has 1 aromatic heterocycles. The fourth-order valence-electron chi connectivity index (χ4n) is 3.04. The van der Waals surface area contributed by atoms with Crippen LogP contribution in [-0.4, -0.2) is 4.98 Å². The van der Waals surface area contributed by atoms with Crippen molar-refractivity contribution in [1.82, 2.24) is 4.98 Å². The average molecular weight is 249 g/mol. The molecule has 1 aliphatic rings. The maximum atomic E-state index is 13.7. The zero-order valence-electron chi connectivity index (χ0n) is 10.7. The lowest BCUT2D eigenvalue weighted by Gasteiger charge is -2.25. The molecule has 1 atom stereocenters. The van der Waals surface area contributed by atoms with E-state index in [1.54, 1.807) is 0 Å². The number of benzene rings is 1. The van der Waals surface area contributed by atoms with Gasteiger partial charge in [0.25, 0.3) is 0 Å². The van der Waals surface area contributed by atoms with E-state index < -0.39 is 11.6 Å². The molecule has 3 rings (SSSR count). The SMILES string of the molecule is CC(C)C1CCc2[nH]c3c(F)cc(F)cc3c2C1. The molecule has 3 heteroatoms. The number of aryl methyl sites for hydroxylation is 1. The molecule has 0 saturated carbocycles. The lowest BCUT2D eigenvalue weighted by atomic mass is 9.80. The van der Waals surface area contributed by atoms with Gasteiger partial charge < -0.3 is 4.98 Å². The number of nitrogens with one attached hydrogen (secondary N) is 1. The first kappa shape index (κ1) is 11.7. The Labute approximate surface area is 105 Å². The first-order valence-electron chi connectivity index (χ1n) is 6.54. The highest BCUT2D eigenvalue weighted by molar-refractivity contribution is 5.85. The third-order valence-corrected chi connectivity index (χ3v) is 4.19. The Bertz CT molecular complexity index is 598. The van der Waals surface area contributed by atoms with E-state index in [9.17, 15) is 8.78 Å². The van der Waals surface area contributed by atoms with Gasteiger partial charge in [0, 0.05) is 17.1 Å². The highest BCUT2D eigenvalue weighted by atomic mass is 19.1. The summed E-state index contributed by atoms with van der Waals surface area (Å²) in [4.78, 5) is 3.13. The van der Waals surface area contributed by atoms with Crippen molar-refractivity contribution >= 4 is 10.9 Å². The maximum absolute atomic E-state index is 13.7. The fraction of sp³-hybridized carbons (Fsp3) is 0.467. The molecular formula is C15H17F2N. The van der Waals surface area contributed by atoms with Gasteiger partial charge in [-0.2, -0.15) is 0 Å². The van der Waals surface area contributed by atoms with Crippen LogP contribution in [-0.2, 0) is 12.8 Å². The minimum atomic E-state index is -0.492. The number of halogens is 2. The van der Waals surface area contributed by atoms with E-state index >= 15 is 0 Å². The van der Waals surface area contributed by atoms with Crippen LogP contribution in [0.25, 0.3) is 10.9 Å². The molecule has 18 heavy (non-hydrogen) atoms. The van der Waals surface area contributed by atoms with Crippen molar-refractivity contribution in [2.24, 2.45) is 11.8 Å². The molecule has 1 heterocycles. The van der Waals surface area contributed by atoms with Crippen LogP contribution in [0.15, 0.2) is 12.1 Å². The van der Waals surface area contributed by atoms with Gasteiger partial charge in [-0.15, -0.1) is 0 Å². The zero-order valence-corrected chi connectivity index (χ0v) is 10.7. The Balaban J connectivity index is 2.15. The maximum Gasteiger partial charge on any atom is 0.150 e. The number of H-pyrrole nitrogens is 1. The van der Waals surface area contributed by atoms with Gasteiger partial charge in [-0.05, 0) is 42.7 Å². The number of fused-ring (bicyclic) bond motifs is 3. The highest BCUT2D eigenvalue weighted by Gasteiger charge is 2.25. The molecule has 0 bridgehead atoms. The Morgan fingerprint density at radius 2 is 2.06 bits per heavy atom. The molecule has 0 saturated heterocycles. The van der Waals surface area contributed by atoms with E-state index in [1.807, 2.05) is 0 Å². The minimum absolute atomic E-state index is 0.464. The number of hydrogen-bond donors (Lipinski definition) is 1. The standard InChI is InChI=1S/C15H17F2N/c1-8(2)9-3-4-14-11(5-9)12-6-10(16)7-13(17)15(12)18-14/h6-9,18H,3-5H2,1-2H3. The molecule has 96 valence electrons. The van der Waals surface area contributed by atoms with Gasteiger partial charge in [-0.3, -0.25) is 0 Å². The number of aromatic amines is 1. The summed E-state index contributed by atoms with van der Waals surface area (Å²) in [5.41, 5.74) is 2.67. The molecular weight excluding hydrogens is 232 g/mol. The van der Waals surface area contributed by atoms with Crippen LogP contribution in [0, 0.1) is 23.5 Å². The van der Waals surface area contributed by atoms with Crippen molar-refractivity contribution in [1.29, 1.82) is 0 Å². The second-order valence-electron chi connectivity index (χ2n) is 5.64. The summed E-state index contributed by atoms with van der Waals surface area (Å²) in [5, 5.41) is 0.729. The molecule has 1 unspecified atom stereocenters. The number of aromatic nitrogens is 1. The molecule has 0 amide bonds. The highest BCUT2D eigenvalue weighted by Crippen LogP contribution is 2.35. The Kier molecular flexibility index (Phi) is 2.65. The molecule has 0 spiro atoms. The number of hydrogen-bond acceptors (Lipinski definition) is 0. The third-order valence-electron chi connectivity index (χ3n) is 4.19. The Morgan fingerprint density at radius 3 is 2.78 bits per heavy atom. The lowest BCUT2D eigenvalue weighted by Crippen LogP contribution is -2.18. The Morgan fingerprint density at radius 1 is 1.28 bits per heavy atom. The van der Waals surface area contributed by atoms with Gasteiger partial charge in [0.05, 0.1) is 5.52 Å². The van der Waals surface area contributed by atoms with E-state index in [-0.39, 0.29) is 0 Å². The van der Waals surface area contributed by atoms with Crippen LogP contribution in [0.5, 0.6) is 0 Å². The van der Waals surface area contributed by atoms with Crippen molar-refractivity contribution in [3.8, 4) is 0 Å². The molecule has 1 aliphatic carbocycles. The molecule has 1 aromatic carbocycles. The lowest BCUT2D eigenvalue weighted by molar-refractivity contribution is 0.342. The summed E-state index contributed by atoms with van der Waals surface area (Å²) in [6, 6.07) is 2.40. The smallest absolute Gasteiger partial charge is 0.150 e. The van der Waals surface area contributed by atoms with Crippen LogP contribution >= 0.6 is 0 Å². The van der Waals surface area contributed by atoms with E-state index in [1.165, 1.54) is 6.07 Å². The van der Waals surface area contributed by atoms with Crippen LogP contribution in [0.2, 0.25) is 0 Å². The van der Waals surface area contributed by atoms with Gasteiger partial charge in [-0.1, -0.05) is 13.8 Å². The molecule has 1 N–H and O–H groups in total. The molecule has 1 nitrogen and oxygen atoms in total. The van der Waals surface area contributed by atoms with Gasteiger partial charge in [0.2, 0.25) is 0 Å². The topological polar surface area (TPSA) is 15.8 Å². The molecule has 2 aromatic rings. The predicted molar refractivity (Wildman–Crippen MR) is 68.6 cm³/mol. The Hall–Kier alpha value is -1.38. The predicted octanol–water partition coefficient (Wildman–Crippen LogP) is 4.21. The van der Waals surface area contributed by atoms with Crippen LogP contribution in [0.3, 0.4) is 0 Å². The van der Waals surface area contributed by atoms with E-state index in [0.29, 0.717) is 17.4 Å². The largest absolute Gasteiger partial charge is 0.356 e. The normalized spacial score (nSPS) is 19.5. The number of rotatable bonds is 1. The quantitative estimate of drug-likeness (QED) is 0.779. The van der Waals surface area contributed by atoms with Crippen molar-refractivity contribution in [3.63, 3.8) is 0 Å². The van der Waals surface area contributed by atoms with Crippen LogP contribution < -0.4 is 0 Å². The summed E-state index contributed by atoms with van der Waals surface area (Å²) in [6.45, 7) is 4.43. The second kappa shape index (κ2) is 4.08. The van der Waals surface area contributed by atoms with Gasteiger partial charge in [-0.25, -0.2) is 8.78 Å². The zero-order chi connectivity index (χ0) is 12.9. The van der Waals surface area contributed by atoms with Gasteiger partial charge >= 0.3 is 0 Å². The first-order valence-corrected chi connectivity index (χ1v) is 6.54. The molecule has 0 radical (unpaired) electrons. The van der Waals surface area contributed by atoms with Gasteiger partial charge in [0.1, 0.15) is 11.6 Å². The van der Waals surface area contributed by atoms with E-state index in [4.69, 9.17) is 0 Å². The summed E-state index contributed by atoms with van der Waals surface area (Å²) in [7, 11) is 0. The summed E-state index contributed by atoms with van der Waals surface area (Å²) in [6.07, 6.45) is 2.99. The summed E-state index contributed by atoms with van der Waals surface area (Å²) < 4.78 is 27.1. The molecule has 0 fully saturated rings. The third kappa shape index (κ3) is 1.73.